The molecule has 23 heavy (non-hydrogen) atoms. The lowest BCUT2D eigenvalue weighted by molar-refractivity contribution is 0.152. The van der Waals surface area contributed by atoms with Crippen molar-refractivity contribution in [3.63, 3.8) is 0 Å². The van der Waals surface area contributed by atoms with Gasteiger partial charge in [-0.05, 0) is 25.5 Å². The number of ether oxygens (including phenoxy) is 3. The van der Waals surface area contributed by atoms with Crippen LogP contribution >= 0.6 is 0 Å². The number of benzene rings is 1. The summed E-state index contributed by atoms with van der Waals surface area (Å²) in [5.41, 5.74) is 1.10. The zero-order valence-corrected chi connectivity index (χ0v) is 12.8. The number of amides is 1. The molecular weight excluding hydrogens is 300 g/mol. The maximum absolute atomic E-state index is 12.1. The first kappa shape index (κ1) is 15.2. The molecule has 0 saturated carbocycles. The summed E-state index contributed by atoms with van der Waals surface area (Å²) >= 11 is 0. The zero-order valence-electron chi connectivity index (χ0n) is 12.8. The van der Waals surface area contributed by atoms with Crippen LogP contribution in [0.25, 0.3) is 10.9 Å². The number of carbonyl (C=O) groups excluding carboxylic acids is 1. The van der Waals surface area contributed by atoms with Crippen molar-refractivity contribution in [2.45, 2.75) is 13.3 Å². The number of alkyl carbamates (subject to hydrolysis) is 1. The molecule has 7 nitrogen and oxygen atoms in total. The van der Waals surface area contributed by atoms with Crippen molar-refractivity contribution >= 4 is 17.0 Å². The number of carbonyl (C=O) groups is 1. The second-order valence-electron chi connectivity index (χ2n) is 5.10. The van der Waals surface area contributed by atoms with Gasteiger partial charge in [-0.25, -0.2) is 4.79 Å². The molecule has 0 saturated heterocycles. The molecule has 0 aliphatic carbocycles. The first-order valence-corrected chi connectivity index (χ1v) is 7.53. The second-order valence-corrected chi connectivity index (χ2v) is 5.10. The summed E-state index contributed by atoms with van der Waals surface area (Å²) in [5.74, 6) is 1.31. The highest BCUT2D eigenvalue weighted by atomic mass is 16.6. The lowest BCUT2D eigenvalue weighted by Gasteiger charge is -2.18. The Morgan fingerprint density at radius 3 is 2.74 bits per heavy atom. The highest BCUT2D eigenvalue weighted by Gasteiger charge is 2.14. The Balaban J connectivity index is 1.80. The number of pyridine rings is 1. The number of hydrogen-bond acceptors (Lipinski definition) is 5. The Bertz CT molecular complexity index is 784. The first-order chi connectivity index (χ1) is 11.2. The molecule has 0 bridgehead atoms. The summed E-state index contributed by atoms with van der Waals surface area (Å²) in [4.78, 5) is 26.2. The van der Waals surface area contributed by atoms with Gasteiger partial charge < -0.3 is 24.5 Å². The second kappa shape index (κ2) is 6.60. The monoisotopic (exact) mass is 318 g/mol. The molecule has 0 atom stereocenters. The molecule has 2 aromatic rings. The summed E-state index contributed by atoms with van der Waals surface area (Å²) < 4.78 is 15.8. The molecule has 7 heteroatoms. The Hall–Kier alpha value is -2.70. The van der Waals surface area contributed by atoms with Gasteiger partial charge in [-0.2, -0.15) is 0 Å². The average Bonchev–Trinajstić information content (AvgIpc) is 2.54. The van der Waals surface area contributed by atoms with Crippen molar-refractivity contribution < 1.29 is 19.0 Å². The highest BCUT2D eigenvalue weighted by molar-refractivity contribution is 5.83. The molecule has 0 radical (unpaired) electrons. The van der Waals surface area contributed by atoms with Crippen LogP contribution in [0.5, 0.6) is 11.5 Å². The van der Waals surface area contributed by atoms with Gasteiger partial charge in [0.2, 0.25) is 0 Å². The minimum Gasteiger partial charge on any atom is -0.486 e. The molecule has 2 N–H and O–H groups in total. The van der Waals surface area contributed by atoms with E-state index >= 15 is 0 Å². The van der Waals surface area contributed by atoms with Gasteiger partial charge in [0.25, 0.3) is 5.56 Å². The van der Waals surface area contributed by atoms with E-state index < -0.39 is 6.09 Å². The van der Waals surface area contributed by atoms with Crippen LogP contribution < -0.4 is 20.3 Å². The molecule has 2 heterocycles. The van der Waals surface area contributed by atoms with Crippen molar-refractivity contribution in [1.82, 2.24) is 10.3 Å². The predicted molar refractivity (Wildman–Crippen MR) is 84.3 cm³/mol. The highest BCUT2D eigenvalue weighted by Crippen LogP contribution is 2.33. The Morgan fingerprint density at radius 1 is 1.26 bits per heavy atom. The fraction of sp³-hybridized carbons (Fsp3) is 0.375. The summed E-state index contributed by atoms with van der Waals surface area (Å²) in [7, 11) is 0. The van der Waals surface area contributed by atoms with Crippen LogP contribution in [0.4, 0.5) is 4.79 Å². The SMILES string of the molecule is CCOC(=O)NCCc1cc2cc3c(cc2[nH]c1=O)OCCO3. The van der Waals surface area contributed by atoms with Crippen LogP contribution in [0.15, 0.2) is 23.0 Å². The molecule has 122 valence electrons. The lowest BCUT2D eigenvalue weighted by Crippen LogP contribution is -2.28. The van der Waals surface area contributed by atoms with Gasteiger partial charge in [0, 0.05) is 23.6 Å². The molecule has 0 fully saturated rings. The van der Waals surface area contributed by atoms with Crippen molar-refractivity contribution in [1.29, 1.82) is 0 Å². The first-order valence-electron chi connectivity index (χ1n) is 7.53. The van der Waals surface area contributed by atoms with Gasteiger partial charge in [-0.3, -0.25) is 4.79 Å². The molecule has 3 rings (SSSR count). The topological polar surface area (TPSA) is 89.7 Å². The van der Waals surface area contributed by atoms with E-state index in [-0.39, 0.29) is 5.56 Å². The molecule has 1 aliphatic rings. The number of H-pyrrole nitrogens is 1. The van der Waals surface area contributed by atoms with E-state index in [9.17, 15) is 9.59 Å². The van der Waals surface area contributed by atoms with Crippen LogP contribution in [0, 0.1) is 0 Å². The molecule has 1 amide bonds. The number of nitrogens with one attached hydrogen (secondary N) is 2. The quantitative estimate of drug-likeness (QED) is 0.893. The Kier molecular flexibility index (Phi) is 4.36. The van der Waals surface area contributed by atoms with E-state index in [1.165, 1.54) is 0 Å². The summed E-state index contributed by atoms with van der Waals surface area (Å²) in [5, 5.41) is 3.46. The third kappa shape index (κ3) is 3.39. The smallest absolute Gasteiger partial charge is 0.407 e. The molecular formula is C16H18N2O5. The Labute approximate surface area is 132 Å². The van der Waals surface area contributed by atoms with Gasteiger partial charge in [0.05, 0.1) is 12.1 Å². The van der Waals surface area contributed by atoms with Crippen LogP contribution in [-0.2, 0) is 11.2 Å². The van der Waals surface area contributed by atoms with Gasteiger partial charge in [0.15, 0.2) is 11.5 Å². The van der Waals surface area contributed by atoms with Crippen LogP contribution in [0.2, 0.25) is 0 Å². The lowest BCUT2D eigenvalue weighted by atomic mass is 10.1. The van der Waals surface area contributed by atoms with E-state index in [4.69, 9.17) is 14.2 Å². The van der Waals surface area contributed by atoms with Gasteiger partial charge in [0.1, 0.15) is 13.2 Å². The zero-order chi connectivity index (χ0) is 16.2. The van der Waals surface area contributed by atoms with E-state index in [2.05, 4.69) is 10.3 Å². The van der Waals surface area contributed by atoms with E-state index in [0.29, 0.717) is 55.4 Å². The summed E-state index contributed by atoms with van der Waals surface area (Å²) in [6.45, 7) is 3.40. The van der Waals surface area contributed by atoms with Crippen molar-refractivity contribution in [3.8, 4) is 11.5 Å². The molecule has 1 aromatic heterocycles. The largest absolute Gasteiger partial charge is 0.486 e. The number of rotatable bonds is 4. The average molecular weight is 318 g/mol. The van der Waals surface area contributed by atoms with Gasteiger partial charge in [-0.15, -0.1) is 0 Å². The maximum Gasteiger partial charge on any atom is 0.407 e. The molecule has 0 unspecified atom stereocenters. The van der Waals surface area contributed by atoms with Gasteiger partial charge in [-0.1, -0.05) is 0 Å². The normalized spacial score (nSPS) is 12.9. The number of hydrogen-bond donors (Lipinski definition) is 2. The fourth-order valence-corrected chi connectivity index (χ4v) is 2.46. The number of aromatic amines is 1. The van der Waals surface area contributed by atoms with Crippen molar-refractivity contribution in [2.24, 2.45) is 0 Å². The van der Waals surface area contributed by atoms with Gasteiger partial charge >= 0.3 is 6.09 Å². The number of aromatic nitrogens is 1. The third-order valence-electron chi connectivity index (χ3n) is 3.52. The predicted octanol–water partition coefficient (Wildman–Crippen LogP) is 1.59. The summed E-state index contributed by atoms with van der Waals surface area (Å²) in [6.07, 6.45) is -0.0669. The fourth-order valence-electron chi connectivity index (χ4n) is 2.46. The minimum atomic E-state index is -0.482. The maximum atomic E-state index is 12.1. The van der Waals surface area contributed by atoms with E-state index in [1.807, 2.05) is 6.07 Å². The minimum absolute atomic E-state index is 0.181. The molecule has 1 aliphatic heterocycles. The Morgan fingerprint density at radius 2 is 2.00 bits per heavy atom. The van der Waals surface area contributed by atoms with E-state index in [0.717, 1.165) is 5.39 Å². The summed E-state index contributed by atoms with van der Waals surface area (Å²) in [6, 6.07) is 5.42. The number of fused-ring (bicyclic) bond motifs is 2. The standard InChI is InChI=1S/C16H18N2O5/c1-2-21-16(20)17-4-3-10-7-11-8-13-14(23-6-5-22-13)9-12(11)18-15(10)19/h7-9H,2-6H2,1H3,(H,17,20)(H,18,19). The third-order valence-corrected chi connectivity index (χ3v) is 3.52. The van der Waals surface area contributed by atoms with Crippen LogP contribution in [-0.4, -0.2) is 37.4 Å². The molecule has 1 aromatic carbocycles. The van der Waals surface area contributed by atoms with Crippen molar-refractivity contribution in [2.75, 3.05) is 26.4 Å². The van der Waals surface area contributed by atoms with Crippen LogP contribution in [0.3, 0.4) is 0 Å². The van der Waals surface area contributed by atoms with E-state index in [1.54, 1.807) is 19.1 Å². The van der Waals surface area contributed by atoms with Crippen LogP contribution in [0.1, 0.15) is 12.5 Å². The van der Waals surface area contributed by atoms with Crippen molar-refractivity contribution in [3.05, 3.63) is 34.1 Å². The molecule has 0 spiro atoms.